The molecule has 10 heavy (non-hydrogen) atoms. The molecule has 1 fully saturated rings. The first-order chi connectivity index (χ1) is 4.74. The first-order valence-corrected chi connectivity index (χ1v) is 3.24. The number of aliphatic hydroxyl groups is 2. The maximum atomic E-state index is 9.07. The van der Waals surface area contributed by atoms with Crippen molar-refractivity contribution in [2.75, 3.05) is 13.7 Å². The molecule has 1 saturated heterocycles. The van der Waals surface area contributed by atoms with E-state index in [-0.39, 0.29) is 12.9 Å². The second-order valence-electron chi connectivity index (χ2n) is 2.37. The van der Waals surface area contributed by atoms with E-state index in [0.717, 1.165) is 0 Å². The smallest absolute Gasteiger partial charge is 0.159 e. The van der Waals surface area contributed by atoms with Gasteiger partial charge in [0, 0.05) is 13.5 Å². The molecule has 0 aromatic carbocycles. The Balaban J connectivity index is 2.33. The van der Waals surface area contributed by atoms with Crippen molar-refractivity contribution in [3.63, 3.8) is 0 Å². The molecular weight excluding hydrogens is 136 g/mol. The molecule has 1 rings (SSSR count). The first kappa shape index (κ1) is 7.94. The van der Waals surface area contributed by atoms with Crippen molar-refractivity contribution < 1.29 is 19.7 Å². The summed E-state index contributed by atoms with van der Waals surface area (Å²) in [6.07, 6.45) is -1.49. The van der Waals surface area contributed by atoms with Crippen LogP contribution in [0.15, 0.2) is 0 Å². The summed E-state index contributed by atoms with van der Waals surface area (Å²) in [7, 11) is 1.51. The molecule has 4 heteroatoms. The van der Waals surface area contributed by atoms with Gasteiger partial charge in [-0.05, 0) is 0 Å². The van der Waals surface area contributed by atoms with Crippen LogP contribution in [-0.4, -0.2) is 42.4 Å². The molecule has 60 valence electrons. The van der Waals surface area contributed by atoms with E-state index in [1.807, 2.05) is 0 Å². The Morgan fingerprint density at radius 3 is 2.60 bits per heavy atom. The Kier molecular flexibility index (Phi) is 2.62. The third-order valence-electron chi connectivity index (χ3n) is 1.59. The molecule has 0 amide bonds. The zero-order valence-corrected chi connectivity index (χ0v) is 5.86. The van der Waals surface area contributed by atoms with E-state index in [1.165, 1.54) is 7.11 Å². The standard InChI is InChI=1S/C6H12O4/c1-9-6-2-4(7)5(8)3-10-6/h4-8H,2-3H2,1H3/t4-,5+,6?/m1/s1. The predicted octanol–water partition coefficient (Wildman–Crippen LogP) is -0.899. The van der Waals surface area contributed by atoms with Crippen molar-refractivity contribution in [3.8, 4) is 0 Å². The van der Waals surface area contributed by atoms with Gasteiger partial charge < -0.3 is 19.7 Å². The van der Waals surface area contributed by atoms with Crippen LogP contribution in [0.2, 0.25) is 0 Å². The molecule has 0 aromatic rings. The largest absolute Gasteiger partial charge is 0.390 e. The van der Waals surface area contributed by atoms with Gasteiger partial charge in [-0.15, -0.1) is 0 Å². The van der Waals surface area contributed by atoms with Crippen molar-refractivity contribution in [1.82, 2.24) is 0 Å². The summed E-state index contributed by atoms with van der Waals surface area (Å²) in [6, 6.07) is 0. The van der Waals surface area contributed by atoms with Crippen molar-refractivity contribution in [1.29, 1.82) is 0 Å². The van der Waals surface area contributed by atoms with Gasteiger partial charge in [-0.2, -0.15) is 0 Å². The summed E-state index contributed by atoms with van der Waals surface area (Å²) in [5.74, 6) is 0. The molecule has 1 unspecified atom stereocenters. The SMILES string of the molecule is COC1C[C@@H](O)[C@@H](O)CO1. The second-order valence-corrected chi connectivity index (χ2v) is 2.37. The fourth-order valence-electron chi connectivity index (χ4n) is 0.904. The lowest BCUT2D eigenvalue weighted by Crippen LogP contribution is -2.41. The zero-order chi connectivity index (χ0) is 7.56. The molecule has 0 aromatic heterocycles. The summed E-state index contributed by atoms with van der Waals surface area (Å²) < 4.78 is 9.79. The fourth-order valence-corrected chi connectivity index (χ4v) is 0.904. The Labute approximate surface area is 59.4 Å². The lowest BCUT2D eigenvalue weighted by molar-refractivity contribution is -0.206. The highest BCUT2D eigenvalue weighted by Gasteiger charge is 2.27. The summed E-state index contributed by atoms with van der Waals surface area (Å²) >= 11 is 0. The van der Waals surface area contributed by atoms with Crippen molar-refractivity contribution in [2.45, 2.75) is 24.9 Å². The van der Waals surface area contributed by atoms with Crippen LogP contribution < -0.4 is 0 Å². The zero-order valence-electron chi connectivity index (χ0n) is 5.86. The van der Waals surface area contributed by atoms with Gasteiger partial charge in [0.1, 0.15) is 6.10 Å². The van der Waals surface area contributed by atoms with E-state index in [0.29, 0.717) is 6.42 Å². The molecule has 0 radical (unpaired) electrons. The highest BCUT2D eigenvalue weighted by atomic mass is 16.7. The number of ether oxygens (including phenoxy) is 2. The molecule has 1 aliphatic heterocycles. The van der Waals surface area contributed by atoms with E-state index >= 15 is 0 Å². The third-order valence-corrected chi connectivity index (χ3v) is 1.59. The molecule has 2 N–H and O–H groups in total. The van der Waals surface area contributed by atoms with Gasteiger partial charge in [-0.3, -0.25) is 0 Å². The number of methoxy groups -OCH3 is 1. The van der Waals surface area contributed by atoms with Crippen LogP contribution in [0.1, 0.15) is 6.42 Å². The molecule has 4 nitrogen and oxygen atoms in total. The maximum absolute atomic E-state index is 9.07. The molecule has 3 atom stereocenters. The predicted molar refractivity (Wildman–Crippen MR) is 33.4 cm³/mol. The van der Waals surface area contributed by atoms with Gasteiger partial charge in [-0.25, -0.2) is 0 Å². The molecule has 1 aliphatic rings. The fraction of sp³-hybridized carbons (Fsp3) is 1.00. The van der Waals surface area contributed by atoms with Gasteiger partial charge in [0.05, 0.1) is 12.7 Å². The van der Waals surface area contributed by atoms with Crippen LogP contribution in [0.25, 0.3) is 0 Å². The van der Waals surface area contributed by atoms with Crippen LogP contribution in [0.5, 0.6) is 0 Å². The third kappa shape index (κ3) is 1.67. The molecular formula is C6H12O4. The Morgan fingerprint density at radius 2 is 2.10 bits per heavy atom. The minimum Gasteiger partial charge on any atom is -0.390 e. The van der Waals surface area contributed by atoms with Crippen LogP contribution in [-0.2, 0) is 9.47 Å². The summed E-state index contributed by atoms with van der Waals surface area (Å²) in [5.41, 5.74) is 0. The number of hydrogen-bond donors (Lipinski definition) is 2. The Morgan fingerprint density at radius 1 is 1.40 bits per heavy atom. The Bertz CT molecular complexity index is 106. The van der Waals surface area contributed by atoms with Gasteiger partial charge in [0.15, 0.2) is 6.29 Å². The number of hydrogen-bond acceptors (Lipinski definition) is 4. The van der Waals surface area contributed by atoms with E-state index in [9.17, 15) is 0 Å². The van der Waals surface area contributed by atoms with Gasteiger partial charge >= 0.3 is 0 Å². The number of aliphatic hydroxyl groups excluding tert-OH is 2. The highest BCUT2D eigenvalue weighted by Crippen LogP contribution is 2.14. The van der Waals surface area contributed by atoms with Crippen LogP contribution >= 0.6 is 0 Å². The van der Waals surface area contributed by atoms with Gasteiger partial charge in [-0.1, -0.05) is 0 Å². The van der Waals surface area contributed by atoms with Crippen LogP contribution in [0.3, 0.4) is 0 Å². The first-order valence-electron chi connectivity index (χ1n) is 3.24. The normalized spacial score (nSPS) is 41.7. The van der Waals surface area contributed by atoms with Crippen molar-refractivity contribution in [3.05, 3.63) is 0 Å². The quantitative estimate of drug-likeness (QED) is 0.506. The van der Waals surface area contributed by atoms with E-state index in [1.54, 1.807) is 0 Å². The maximum Gasteiger partial charge on any atom is 0.159 e. The number of rotatable bonds is 1. The van der Waals surface area contributed by atoms with Crippen molar-refractivity contribution in [2.24, 2.45) is 0 Å². The van der Waals surface area contributed by atoms with Crippen LogP contribution in [0, 0.1) is 0 Å². The molecule has 0 spiro atoms. The van der Waals surface area contributed by atoms with Gasteiger partial charge in [0.25, 0.3) is 0 Å². The summed E-state index contributed by atoms with van der Waals surface area (Å²) in [5, 5.41) is 18.0. The monoisotopic (exact) mass is 148 g/mol. The topological polar surface area (TPSA) is 58.9 Å². The minimum atomic E-state index is -0.758. The lowest BCUT2D eigenvalue weighted by Gasteiger charge is -2.29. The molecule has 0 saturated carbocycles. The van der Waals surface area contributed by atoms with E-state index in [2.05, 4.69) is 0 Å². The summed E-state index contributed by atoms with van der Waals surface area (Å²) in [4.78, 5) is 0. The average Bonchev–Trinajstić information content (AvgIpc) is 1.95. The minimum absolute atomic E-state index is 0.152. The molecule has 0 aliphatic carbocycles. The second kappa shape index (κ2) is 3.30. The van der Waals surface area contributed by atoms with E-state index in [4.69, 9.17) is 19.7 Å². The highest BCUT2D eigenvalue weighted by molar-refractivity contribution is 4.72. The average molecular weight is 148 g/mol. The van der Waals surface area contributed by atoms with Crippen molar-refractivity contribution >= 4 is 0 Å². The van der Waals surface area contributed by atoms with Gasteiger partial charge in [0.2, 0.25) is 0 Å². The molecule has 0 bridgehead atoms. The summed E-state index contributed by atoms with van der Waals surface area (Å²) in [6.45, 7) is 0.152. The van der Waals surface area contributed by atoms with E-state index < -0.39 is 12.2 Å². The lowest BCUT2D eigenvalue weighted by atomic mass is 10.1. The molecule has 1 heterocycles. The van der Waals surface area contributed by atoms with Crippen LogP contribution in [0.4, 0.5) is 0 Å². The Hall–Kier alpha value is -0.160.